The van der Waals surface area contributed by atoms with E-state index in [1.165, 1.54) is 0 Å². The van der Waals surface area contributed by atoms with Crippen LogP contribution >= 0.6 is 0 Å². The summed E-state index contributed by atoms with van der Waals surface area (Å²) in [5.41, 5.74) is 0. The molecule has 0 aliphatic carbocycles. The molecule has 2 aliphatic rings. The van der Waals surface area contributed by atoms with Crippen LogP contribution in [0.4, 0.5) is 0 Å². The zero-order valence-corrected chi connectivity index (χ0v) is 10.5. The van der Waals surface area contributed by atoms with Crippen molar-refractivity contribution in [2.45, 2.75) is 49.0 Å². The molecule has 0 bridgehead atoms. The lowest BCUT2D eigenvalue weighted by Gasteiger charge is -2.41. The normalized spacial score (nSPS) is 50.1. The van der Waals surface area contributed by atoms with Crippen LogP contribution in [0, 0.1) is 6.61 Å². The summed E-state index contributed by atoms with van der Waals surface area (Å²) in [6.07, 6.45) is -10.3. The number of aliphatic hydroxyl groups is 6. The summed E-state index contributed by atoms with van der Waals surface area (Å²) in [7, 11) is 0. The highest BCUT2D eigenvalue weighted by molar-refractivity contribution is 4.94. The maximum absolute atomic E-state index is 9.83. The lowest BCUT2D eigenvalue weighted by Crippen LogP contribution is -2.58. The molecular formula is C11H19O9. The van der Waals surface area contributed by atoms with Crippen LogP contribution in [0.5, 0.6) is 0 Å². The van der Waals surface area contributed by atoms with Crippen molar-refractivity contribution in [2.75, 3.05) is 13.2 Å². The lowest BCUT2D eigenvalue weighted by atomic mass is 10.00. The number of aliphatic hydroxyl groups excluding tert-OH is 6. The van der Waals surface area contributed by atoms with E-state index in [0.717, 1.165) is 6.61 Å². The Kier molecular flexibility index (Phi) is 5.29. The van der Waals surface area contributed by atoms with Gasteiger partial charge < -0.3 is 44.8 Å². The van der Waals surface area contributed by atoms with Gasteiger partial charge in [0.25, 0.3) is 0 Å². The van der Waals surface area contributed by atoms with Crippen molar-refractivity contribution >= 4 is 0 Å². The third-order valence-electron chi connectivity index (χ3n) is 3.38. The number of hydrogen-bond acceptors (Lipinski definition) is 9. The van der Waals surface area contributed by atoms with Gasteiger partial charge in [0.2, 0.25) is 0 Å². The van der Waals surface area contributed by atoms with Gasteiger partial charge >= 0.3 is 0 Å². The predicted molar refractivity (Wildman–Crippen MR) is 60.9 cm³/mol. The van der Waals surface area contributed by atoms with E-state index in [4.69, 9.17) is 19.3 Å². The Morgan fingerprint density at radius 3 is 2.35 bits per heavy atom. The molecule has 9 heteroatoms. The molecule has 2 fully saturated rings. The van der Waals surface area contributed by atoms with Crippen molar-refractivity contribution in [1.82, 2.24) is 0 Å². The highest BCUT2D eigenvalue weighted by atomic mass is 16.7. The van der Waals surface area contributed by atoms with E-state index in [9.17, 15) is 25.5 Å². The zero-order chi connectivity index (χ0) is 14.9. The second-order valence-corrected chi connectivity index (χ2v) is 4.83. The van der Waals surface area contributed by atoms with Crippen LogP contribution in [-0.2, 0) is 14.2 Å². The summed E-state index contributed by atoms with van der Waals surface area (Å²) in [6.45, 7) is 0.356. The molecule has 1 radical (unpaired) electrons. The first kappa shape index (κ1) is 16.0. The molecule has 20 heavy (non-hydrogen) atoms. The van der Waals surface area contributed by atoms with E-state index in [1.54, 1.807) is 0 Å². The zero-order valence-electron chi connectivity index (χ0n) is 10.5. The first-order valence-corrected chi connectivity index (χ1v) is 6.22. The second kappa shape index (κ2) is 6.60. The molecular weight excluding hydrogens is 276 g/mol. The van der Waals surface area contributed by atoms with Gasteiger partial charge in [-0.15, -0.1) is 0 Å². The summed E-state index contributed by atoms with van der Waals surface area (Å²) in [5, 5.41) is 56.9. The van der Waals surface area contributed by atoms with Crippen LogP contribution in [0.15, 0.2) is 0 Å². The van der Waals surface area contributed by atoms with Crippen molar-refractivity contribution in [3.63, 3.8) is 0 Å². The van der Waals surface area contributed by atoms with Crippen LogP contribution in [-0.4, -0.2) is 92.9 Å². The molecule has 1 unspecified atom stereocenters. The average Bonchev–Trinajstić information content (AvgIpc) is 2.44. The highest BCUT2D eigenvalue weighted by Crippen LogP contribution is 2.25. The first-order valence-electron chi connectivity index (χ1n) is 6.22. The largest absolute Gasteiger partial charge is 0.394 e. The molecule has 2 aliphatic heterocycles. The molecule has 0 aromatic heterocycles. The highest BCUT2D eigenvalue weighted by Gasteiger charge is 2.44. The van der Waals surface area contributed by atoms with Crippen molar-refractivity contribution in [1.29, 1.82) is 0 Å². The molecule has 8 atom stereocenters. The number of rotatable bonds is 3. The monoisotopic (exact) mass is 295 g/mol. The Hall–Kier alpha value is -0.360. The van der Waals surface area contributed by atoms with Gasteiger partial charge in [0, 0.05) is 0 Å². The Balaban J connectivity index is 1.93. The van der Waals surface area contributed by atoms with Crippen molar-refractivity contribution < 1.29 is 44.8 Å². The van der Waals surface area contributed by atoms with E-state index in [0.29, 0.717) is 0 Å². The molecule has 117 valence electrons. The number of hydrogen-bond donors (Lipinski definition) is 6. The minimum absolute atomic E-state index is 0.242. The summed E-state index contributed by atoms with van der Waals surface area (Å²) < 4.78 is 15.2. The van der Waals surface area contributed by atoms with E-state index >= 15 is 0 Å². The van der Waals surface area contributed by atoms with Crippen molar-refractivity contribution in [3.8, 4) is 0 Å². The van der Waals surface area contributed by atoms with Gasteiger partial charge in [0.1, 0.15) is 49.3 Å². The molecule has 2 rings (SSSR count). The van der Waals surface area contributed by atoms with E-state index < -0.39 is 55.6 Å². The quantitative estimate of drug-likeness (QED) is 0.307. The smallest absolute Gasteiger partial charge is 0.186 e. The fraction of sp³-hybridized carbons (Fsp3) is 0.909. The van der Waals surface area contributed by atoms with Gasteiger partial charge in [-0.05, 0) is 0 Å². The molecule has 0 spiro atoms. The van der Waals surface area contributed by atoms with Gasteiger partial charge in [-0.1, -0.05) is 0 Å². The van der Waals surface area contributed by atoms with Gasteiger partial charge in [0.15, 0.2) is 6.29 Å². The fourth-order valence-electron chi connectivity index (χ4n) is 2.07. The molecule has 6 N–H and O–H groups in total. The predicted octanol–water partition coefficient (Wildman–Crippen LogP) is -3.91. The number of ether oxygens (including phenoxy) is 3. The minimum atomic E-state index is -1.51. The fourth-order valence-corrected chi connectivity index (χ4v) is 2.07. The van der Waals surface area contributed by atoms with Crippen LogP contribution < -0.4 is 0 Å². The molecule has 0 amide bonds. The van der Waals surface area contributed by atoms with Crippen LogP contribution in [0.3, 0.4) is 0 Å². The Morgan fingerprint density at radius 2 is 1.70 bits per heavy atom. The molecule has 2 saturated heterocycles. The Bertz CT molecular complexity index is 314. The third kappa shape index (κ3) is 3.11. The molecule has 0 aromatic carbocycles. The van der Waals surface area contributed by atoms with E-state index in [1.807, 2.05) is 0 Å². The third-order valence-corrected chi connectivity index (χ3v) is 3.38. The topological polar surface area (TPSA) is 149 Å². The van der Waals surface area contributed by atoms with Gasteiger partial charge in [-0.3, -0.25) is 0 Å². The second-order valence-electron chi connectivity index (χ2n) is 4.83. The first-order chi connectivity index (χ1) is 9.45. The summed E-state index contributed by atoms with van der Waals surface area (Å²) >= 11 is 0. The van der Waals surface area contributed by atoms with Crippen LogP contribution in [0.2, 0.25) is 0 Å². The van der Waals surface area contributed by atoms with Crippen LogP contribution in [0.25, 0.3) is 0 Å². The maximum atomic E-state index is 9.83. The maximum Gasteiger partial charge on any atom is 0.186 e. The average molecular weight is 295 g/mol. The SMILES string of the molecule is OC[C@H]1O[CH][C@H](OC2OC[C@@H](O)[C@H](O)[C@H]2O)[C@@H](O)[C@@H]1O. The molecule has 9 nitrogen and oxygen atoms in total. The minimum Gasteiger partial charge on any atom is -0.394 e. The summed E-state index contributed by atoms with van der Waals surface area (Å²) in [5.74, 6) is 0. The van der Waals surface area contributed by atoms with Crippen LogP contribution in [0.1, 0.15) is 0 Å². The van der Waals surface area contributed by atoms with E-state index in [-0.39, 0.29) is 6.61 Å². The Morgan fingerprint density at radius 1 is 1.00 bits per heavy atom. The molecule has 0 aromatic rings. The Labute approximate surface area is 114 Å². The molecule has 0 saturated carbocycles. The van der Waals surface area contributed by atoms with Gasteiger partial charge in [-0.25, -0.2) is 0 Å². The summed E-state index contributed by atoms with van der Waals surface area (Å²) in [6, 6.07) is 0. The van der Waals surface area contributed by atoms with E-state index in [2.05, 4.69) is 0 Å². The van der Waals surface area contributed by atoms with Crippen molar-refractivity contribution in [3.05, 3.63) is 6.61 Å². The van der Waals surface area contributed by atoms with Crippen molar-refractivity contribution in [2.24, 2.45) is 0 Å². The molecule has 2 heterocycles. The van der Waals surface area contributed by atoms with Gasteiger partial charge in [-0.2, -0.15) is 0 Å². The summed E-state index contributed by atoms with van der Waals surface area (Å²) in [4.78, 5) is 0. The standard InChI is InChI=1S/C11H19O9/c12-1-5-8(15)9(16)6(3-18-5)20-11-10(17)7(14)4(13)2-19-11/h3-17H,1-2H2/t4-,5-,6+,7+,8-,9-,10-,11?/m1/s1. The van der Waals surface area contributed by atoms with Gasteiger partial charge in [0.05, 0.1) is 13.2 Å². The lowest BCUT2D eigenvalue weighted by molar-refractivity contribution is -0.302.